The maximum Gasteiger partial charge on any atom is 0.152 e. The van der Waals surface area contributed by atoms with Crippen molar-refractivity contribution in [2.45, 2.75) is 19.1 Å². The minimum absolute atomic E-state index is 0.0657. The van der Waals surface area contributed by atoms with Crippen LogP contribution in [0.25, 0.3) is 0 Å². The van der Waals surface area contributed by atoms with E-state index < -0.39 is 22.1 Å². The molecule has 1 aliphatic heterocycles. The van der Waals surface area contributed by atoms with Crippen molar-refractivity contribution in [2.24, 2.45) is 0 Å². The lowest BCUT2D eigenvalue weighted by Gasteiger charge is -2.33. The molecule has 1 aliphatic rings. The molecular formula is C8H16FNO3S. The zero-order valence-corrected chi connectivity index (χ0v) is 9.00. The summed E-state index contributed by atoms with van der Waals surface area (Å²) >= 11 is 0. The summed E-state index contributed by atoms with van der Waals surface area (Å²) in [6.45, 7) is 1.76. The molecule has 0 aliphatic carbocycles. The number of sulfone groups is 1. The van der Waals surface area contributed by atoms with Gasteiger partial charge in [-0.25, -0.2) is 12.8 Å². The summed E-state index contributed by atoms with van der Waals surface area (Å²) in [6, 6.07) is -0.564. The van der Waals surface area contributed by atoms with Gasteiger partial charge in [-0.2, -0.15) is 0 Å². The van der Waals surface area contributed by atoms with Crippen LogP contribution in [0.5, 0.6) is 0 Å². The first-order valence-corrected chi connectivity index (χ1v) is 6.48. The van der Waals surface area contributed by atoms with Crippen molar-refractivity contribution in [2.75, 3.05) is 31.2 Å². The van der Waals surface area contributed by atoms with Gasteiger partial charge in [-0.15, -0.1) is 0 Å². The Kier molecular flexibility index (Phi) is 3.86. The molecule has 6 heteroatoms. The number of nitrogens with zero attached hydrogens (tertiary/aromatic N) is 1. The summed E-state index contributed by atoms with van der Waals surface area (Å²) in [5.74, 6) is 0.131. The molecule has 14 heavy (non-hydrogen) atoms. The van der Waals surface area contributed by atoms with Gasteiger partial charge < -0.3 is 5.11 Å². The molecule has 4 nitrogen and oxygen atoms in total. The Morgan fingerprint density at radius 2 is 1.93 bits per heavy atom. The zero-order chi connectivity index (χ0) is 10.8. The van der Waals surface area contributed by atoms with E-state index in [1.165, 1.54) is 6.92 Å². The lowest BCUT2D eigenvalue weighted by molar-refractivity contribution is 0.0735. The topological polar surface area (TPSA) is 57.6 Å². The van der Waals surface area contributed by atoms with Gasteiger partial charge in [0.25, 0.3) is 0 Å². The second kappa shape index (κ2) is 4.55. The minimum Gasteiger partial charge on any atom is -0.395 e. The highest BCUT2D eigenvalue weighted by Crippen LogP contribution is 2.12. The van der Waals surface area contributed by atoms with Crippen LogP contribution in [-0.4, -0.2) is 61.8 Å². The monoisotopic (exact) mass is 225 g/mol. The first-order chi connectivity index (χ1) is 6.46. The van der Waals surface area contributed by atoms with E-state index in [2.05, 4.69) is 0 Å². The summed E-state index contributed by atoms with van der Waals surface area (Å²) in [7, 11) is -2.93. The van der Waals surface area contributed by atoms with Crippen LogP contribution in [-0.2, 0) is 9.84 Å². The van der Waals surface area contributed by atoms with Crippen molar-refractivity contribution in [1.82, 2.24) is 4.90 Å². The Bertz CT molecular complexity index is 264. The van der Waals surface area contributed by atoms with Gasteiger partial charge in [0.15, 0.2) is 9.84 Å². The van der Waals surface area contributed by atoms with Crippen molar-refractivity contribution in [3.8, 4) is 0 Å². The average molecular weight is 225 g/mol. The molecule has 0 amide bonds. The largest absolute Gasteiger partial charge is 0.395 e. The quantitative estimate of drug-likeness (QED) is 0.699. The Labute approximate surface area is 83.6 Å². The van der Waals surface area contributed by atoms with Crippen LogP contribution in [0.3, 0.4) is 0 Å². The minimum atomic E-state index is -2.93. The molecule has 0 aromatic heterocycles. The number of rotatable bonds is 3. The number of hydrogen-bond donors (Lipinski definition) is 1. The SMILES string of the molecule is C[C@H](F)C(CO)N1CCS(=O)(=O)CC1. The van der Waals surface area contributed by atoms with Gasteiger partial charge in [0.05, 0.1) is 24.2 Å². The second-order valence-electron chi connectivity index (χ2n) is 3.62. The highest BCUT2D eigenvalue weighted by atomic mass is 32.2. The maximum atomic E-state index is 13.0. The lowest BCUT2D eigenvalue weighted by atomic mass is 10.2. The van der Waals surface area contributed by atoms with Crippen LogP contribution in [0.1, 0.15) is 6.92 Å². The molecule has 2 atom stereocenters. The van der Waals surface area contributed by atoms with E-state index >= 15 is 0 Å². The standard InChI is InChI=1S/C8H16FNO3S/c1-7(9)8(6-11)10-2-4-14(12,13)5-3-10/h7-8,11H,2-6H2,1H3/t7-,8?/m0/s1. The predicted molar refractivity (Wildman–Crippen MR) is 51.7 cm³/mol. The maximum absolute atomic E-state index is 13.0. The van der Waals surface area contributed by atoms with Crippen LogP contribution in [0.15, 0.2) is 0 Å². The smallest absolute Gasteiger partial charge is 0.152 e. The molecule has 0 radical (unpaired) electrons. The second-order valence-corrected chi connectivity index (χ2v) is 5.92. The number of aliphatic hydroxyl groups excluding tert-OH is 1. The fourth-order valence-corrected chi connectivity index (χ4v) is 2.84. The fourth-order valence-electron chi connectivity index (χ4n) is 1.61. The third kappa shape index (κ3) is 2.90. The summed E-state index contributed by atoms with van der Waals surface area (Å²) in [6.07, 6.45) is -1.14. The molecule has 1 unspecified atom stereocenters. The highest BCUT2D eigenvalue weighted by Gasteiger charge is 2.29. The van der Waals surface area contributed by atoms with Crippen molar-refractivity contribution < 1.29 is 17.9 Å². The van der Waals surface area contributed by atoms with Crippen molar-refractivity contribution in [3.05, 3.63) is 0 Å². The Morgan fingerprint density at radius 1 is 1.43 bits per heavy atom. The van der Waals surface area contributed by atoms with Gasteiger partial charge >= 0.3 is 0 Å². The van der Waals surface area contributed by atoms with Crippen LogP contribution in [0.4, 0.5) is 4.39 Å². The molecule has 1 N–H and O–H groups in total. The highest BCUT2D eigenvalue weighted by molar-refractivity contribution is 7.91. The van der Waals surface area contributed by atoms with Gasteiger partial charge in [0.1, 0.15) is 6.17 Å². The van der Waals surface area contributed by atoms with E-state index in [1.54, 1.807) is 4.90 Å². The number of hydrogen-bond acceptors (Lipinski definition) is 4. The molecule has 1 saturated heterocycles. The number of alkyl halides is 1. The van der Waals surface area contributed by atoms with E-state index in [1.807, 2.05) is 0 Å². The fraction of sp³-hybridized carbons (Fsp3) is 1.00. The molecule has 1 heterocycles. The molecule has 1 fully saturated rings. The number of halogens is 1. The predicted octanol–water partition coefficient (Wildman–Crippen LogP) is -0.564. The Balaban J connectivity index is 2.56. The summed E-state index contributed by atoms with van der Waals surface area (Å²) in [4.78, 5) is 1.70. The van der Waals surface area contributed by atoms with Crippen LogP contribution < -0.4 is 0 Å². The lowest BCUT2D eigenvalue weighted by Crippen LogP contribution is -2.50. The van der Waals surface area contributed by atoms with E-state index in [-0.39, 0.29) is 18.1 Å². The molecule has 0 aromatic carbocycles. The third-order valence-electron chi connectivity index (χ3n) is 2.57. The molecular weight excluding hydrogens is 209 g/mol. The third-order valence-corrected chi connectivity index (χ3v) is 4.17. The summed E-state index contributed by atoms with van der Waals surface area (Å²) < 4.78 is 35.2. The Hall–Kier alpha value is -0.200. The molecule has 0 aromatic rings. The van der Waals surface area contributed by atoms with Crippen molar-refractivity contribution >= 4 is 9.84 Å². The van der Waals surface area contributed by atoms with Gasteiger partial charge in [-0.1, -0.05) is 0 Å². The van der Waals surface area contributed by atoms with E-state index in [9.17, 15) is 12.8 Å². The van der Waals surface area contributed by atoms with Gasteiger partial charge in [-0.05, 0) is 6.92 Å². The van der Waals surface area contributed by atoms with E-state index in [4.69, 9.17) is 5.11 Å². The molecule has 84 valence electrons. The van der Waals surface area contributed by atoms with E-state index in [0.29, 0.717) is 13.1 Å². The van der Waals surface area contributed by atoms with Crippen molar-refractivity contribution in [3.63, 3.8) is 0 Å². The average Bonchev–Trinajstić information content (AvgIpc) is 2.08. The van der Waals surface area contributed by atoms with Crippen LogP contribution in [0.2, 0.25) is 0 Å². The zero-order valence-electron chi connectivity index (χ0n) is 8.19. The molecule has 0 bridgehead atoms. The normalized spacial score (nSPS) is 27.1. The Morgan fingerprint density at radius 3 is 2.29 bits per heavy atom. The van der Waals surface area contributed by atoms with Gasteiger partial charge in [0, 0.05) is 13.1 Å². The van der Waals surface area contributed by atoms with Gasteiger partial charge in [-0.3, -0.25) is 4.90 Å². The molecule has 0 saturated carbocycles. The first kappa shape index (κ1) is 11.9. The first-order valence-electron chi connectivity index (χ1n) is 4.65. The van der Waals surface area contributed by atoms with Crippen LogP contribution >= 0.6 is 0 Å². The summed E-state index contributed by atoms with van der Waals surface area (Å²) in [5, 5.41) is 8.95. The summed E-state index contributed by atoms with van der Waals surface area (Å²) in [5.41, 5.74) is 0. The molecule has 1 rings (SSSR count). The van der Waals surface area contributed by atoms with Crippen LogP contribution in [0, 0.1) is 0 Å². The van der Waals surface area contributed by atoms with Crippen molar-refractivity contribution in [1.29, 1.82) is 0 Å². The molecule has 0 spiro atoms. The number of aliphatic hydroxyl groups is 1. The van der Waals surface area contributed by atoms with Gasteiger partial charge in [0.2, 0.25) is 0 Å². The van der Waals surface area contributed by atoms with E-state index in [0.717, 1.165) is 0 Å².